The van der Waals surface area contributed by atoms with Gasteiger partial charge in [0.1, 0.15) is 0 Å². The topological polar surface area (TPSA) is 50.3 Å². The fourth-order valence-electron chi connectivity index (χ4n) is 3.19. The zero-order valence-corrected chi connectivity index (χ0v) is 14.4. The molecule has 2 atom stereocenters. The van der Waals surface area contributed by atoms with Crippen molar-refractivity contribution in [2.24, 2.45) is 5.73 Å². The van der Waals surface area contributed by atoms with E-state index in [-0.39, 0.29) is 6.04 Å². The van der Waals surface area contributed by atoms with Crippen LogP contribution < -0.4 is 5.73 Å². The Morgan fingerprint density at radius 2 is 2.10 bits per heavy atom. The van der Waals surface area contributed by atoms with E-state index in [0.29, 0.717) is 6.04 Å². The molecule has 0 aliphatic carbocycles. The molecule has 2 unspecified atom stereocenters. The van der Waals surface area contributed by atoms with Gasteiger partial charge < -0.3 is 15.5 Å². The summed E-state index contributed by atoms with van der Waals surface area (Å²) < 4.78 is 1.98. The second-order valence-electron chi connectivity index (χ2n) is 6.19. The van der Waals surface area contributed by atoms with E-state index in [9.17, 15) is 0 Å². The highest BCUT2D eigenvalue weighted by molar-refractivity contribution is 6.31. The molecule has 2 heterocycles. The molecular formula is C15H28ClN5. The van der Waals surface area contributed by atoms with Crippen molar-refractivity contribution in [2.45, 2.75) is 45.3 Å². The normalized spacial score (nSPS) is 23.2. The lowest BCUT2D eigenvalue weighted by molar-refractivity contribution is 0.194. The third kappa shape index (κ3) is 3.77. The summed E-state index contributed by atoms with van der Waals surface area (Å²) in [5, 5.41) is 5.26. The zero-order valence-electron chi connectivity index (χ0n) is 13.6. The Morgan fingerprint density at radius 1 is 1.38 bits per heavy atom. The average molecular weight is 314 g/mol. The Bertz CT molecular complexity index is 473. The lowest BCUT2D eigenvalue weighted by Gasteiger charge is -2.32. The lowest BCUT2D eigenvalue weighted by Crippen LogP contribution is -2.51. The molecular weight excluding hydrogens is 286 g/mol. The molecule has 6 heteroatoms. The maximum atomic E-state index is 6.54. The SMILES string of the molecule is CCn1nc(C)c(Cl)c1CC(N)C1CN(C)CCCN1C. The van der Waals surface area contributed by atoms with E-state index in [4.69, 9.17) is 17.3 Å². The summed E-state index contributed by atoms with van der Waals surface area (Å²) in [6, 6.07) is 0.420. The summed E-state index contributed by atoms with van der Waals surface area (Å²) in [7, 11) is 4.35. The predicted octanol–water partition coefficient (Wildman–Crippen LogP) is 1.37. The van der Waals surface area contributed by atoms with E-state index in [1.165, 1.54) is 6.42 Å². The number of nitrogens with zero attached hydrogens (tertiary/aromatic N) is 4. The average Bonchev–Trinajstić information content (AvgIpc) is 2.60. The number of aromatic nitrogens is 2. The summed E-state index contributed by atoms with van der Waals surface area (Å²) in [6.07, 6.45) is 1.97. The number of rotatable bonds is 4. The van der Waals surface area contributed by atoms with Crippen molar-refractivity contribution in [1.29, 1.82) is 0 Å². The van der Waals surface area contributed by atoms with E-state index < -0.39 is 0 Å². The molecule has 0 spiro atoms. The molecule has 1 aromatic heterocycles. The fraction of sp³-hybridized carbons (Fsp3) is 0.800. The van der Waals surface area contributed by atoms with E-state index in [1.54, 1.807) is 0 Å². The van der Waals surface area contributed by atoms with Gasteiger partial charge in [-0.15, -0.1) is 0 Å². The lowest BCUT2D eigenvalue weighted by atomic mass is 10.0. The highest BCUT2D eigenvalue weighted by atomic mass is 35.5. The Morgan fingerprint density at radius 3 is 2.76 bits per heavy atom. The number of halogens is 1. The van der Waals surface area contributed by atoms with Crippen LogP contribution in [0, 0.1) is 6.92 Å². The van der Waals surface area contributed by atoms with Crippen LogP contribution in [-0.4, -0.2) is 65.4 Å². The van der Waals surface area contributed by atoms with E-state index in [1.807, 2.05) is 11.6 Å². The number of likely N-dealkylation sites (N-methyl/N-ethyl adjacent to an activating group) is 2. The molecule has 120 valence electrons. The van der Waals surface area contributed by atoms with Crippen LogP contribution in [0.25, 0.3) is 0 Å². The largest absolute Gasteiger partial charge is 0.326 e. The van der Waals surface area contributed by atoms with Crippen molar-refractivity contribution in [1.82, 2.24) is 19.6 Å². The van der Waals surface area contributed by atoms with Gasteiger partial charge in [-0.05, 0) is 47.5 Å². The fourth-order valence-corrected chi connectivity index (χ4v) is 3.40. The van der Waals surface area contributed by atoms with Crippen LogP contribution in [0.5, 0.6) is 0 Å². The van der Waals surface area contributed by atoms with Gasteiger partial charge in [0.2, 0.25) is 0 Å². The Hall–Kier alpha value is -0.620. The van der Waals surface area contributed by atoms with Crippen molar-refractivity contribution in [2.75, 3.05) is 33.7 Å². The van der Waals surface area contributed by atoms with E-state index >= 15 is 0 Å². The number of hydrogen-bond donors (Lipinski definition) is 1. The first kappa shape index (κ1) is 16.7. The molecule has 0 amide bonds. The van der Waals surface area contributed by atoms with Crippen LogP contribution >= 0.6 is 11.6 Å². The molecule has 5 nitrogen and oxygen atoms in total. The minimum absolute atomic E-state index is 0.0643. The molecule has 1 aliphatic rings. The van der Waals surface area contributed by atoms with Gasteiger partial charge in [0.15, 0.2) is 0 Å². The zero-order chi connectivity index (χ0) is 15.6. The van der Waals surface area contributed by atoms with Gasteiger partial charge in [0.25, 0.3) is 0 Å². The Labute approximate surface area is 133 Å². The third-order valence-corrected chi connectivity index (χ3v) is 4.98. The quantitative estimate of drug-likeness (QED) is 0.912. The van der Waals surface area contributed by atoms with Crippen molar-refractivity contribution in [3.63, 3.8) is 0 Å². The monoisotopic (exact) mass is 313 g/mol. The van der Waals surface area contributed by atoms with Gasteiger partial charge in [0.05, 0.1) is 16.4 Å². The van der Waals surface area contributed by atoms with Gasteiger partial charge in [-0.25, -0.2) is 0 Å². The summed E-state index contributed by atoms with van der Waals surface area (Å²) in [6.45, 7) is 8.12. The van der Waals surface area contributed by atoms with Gasteiger partial charge in [-0.2, -0.15) is 5.10 Å². The minimum atomic E-state index is 0.0643. The first-order valence-corrected chi connectivity index (χ1v) is 8.18. The molecule has 0 bridgehead atoms. The molecule has 0 saturated carbocycles. The van der Waals surface area contributed by atoms with Gasteiger partial charge in [-0.1, -0.05) is 11.6 Å². The summed E-state index contributed by atoms with van der Waals surface area (Å²) in [5.74, 6) is 0. The van der Waals surface area contributed by atoms with Crippen molar-refractivity contribution in [3.05, 3.63) is 16.4 Å². The standard InChI is InChI=1S/C15H28ClN5/c1-5-21-13(15(16)11(2)18-21)9-12(17)14-10-19(3)7-6-8-20(14)4/h12,14H,5-10,17H2,1-4H3. The van der Waals surface area contributed by atoms with Gasteiger partial charge >= 0.3 is 0 Å². The Balaban J connectivity index is 2.14. The summed E-state index contributed by atoms with van der Waals surface area (Å²) >= 11 is 6.41. The number of aryl methyl sites for hydroxylation is 2. The van der Waals surface area contributed by atoms with E-state index in [0.717, 1.165) is 49.0 Å². The Kier molecular flexibility index (Phi) is 5.66. The van der Waals surface area contributed by atoms with Gasteiger partial charge in [0, 0.05) is 31.6 Å². The molecule has 1 fully saturated rings. The second-order valence-corrected chi connectivity index (χ2v) is 6.57. The van der Waals surface area contributed by atoms with Gasteiger partial charge in [-0.3, -0.25) is 4.68 Å². The number of hydrogen-bond acceptors (Lipinski definition) is 4. The molecule has 1 aromatic rings. The molecule has 0 radical (unpaired) electrons. The maximum absolute atomic E-state index is 6.54. The van der Waals surface area contributed by atoms with Crippen LogP contribution in [0.1, 0.15) is 24.7 Å². The highest BCUT2D eigenvalue weighted by Crippen LogP contribution is 2.23. The van der Waals surface area contributed by atoms with Crippen molar-refractivity contribution in [3.8, 4) is 0 Å². The van der Waals surface area contributed by atoms with Crippen LogP contribution in [0.15, 0.2) is 0 Å². The summed E-state index contributed by atoms with van der Waals surface area (Å²) in [5.41, 5.74) is 8.51. The minimum Gasteiger partial charge on any atom is -0.326 e. The maximum Gasteiger partial charge on any atom is 0.0847 e. The molecule has 1 aliphatic heterocycles. The van der Waals surface area contributed by atoms with Crippen LogP contribution in [0.4, 0.5) is 0 Å². The molecule has 2 rings (SSSR count). The van der Waals surface area contributed by atoms with Crippen LogP contribution in [0.3, 0.4) is 0 Å². The molecule has 21 heavy (non-hydrogen) atoms. The second kappa shape index (κ2) is 7.09. The highest BCUT2D eigenvalue weighted by Gasteiger charge is 2.28. The van der Waals surface area contributed by atoms with Crippen molar-refractivity contribution >= 4 is 11.6 Å². The smallest absolute Gasteiger partial charge is 0.0847 e. The molecule has 0 aromatic carbocycles. The molecule has 1 saturated heterocycles. The number of nitrogens with two attached hydrogens (primary N) is 1. The van der Waals surface area contributed by atoms with Crippen LogP contribution in [-0.2, 0) is 13.0 Å². The first-order valence-electron chi connectivity index (χ1n) is 7.80. The first-order chi connectivity index (χ1) is 9.93. The van der Waals surface area contributed by atoms with Crippen molar-refractivity contribution < 1.29 is 0 Å². The predicted molar refractivity (Wildman–Crippen MR) is 87.9 cm³/mol. The molecule has 2 N–H and O–H groups in total. The van der Waals surface area contributed by atoms with Crippen LogP contribution in [0.2, 0.25) is 5.02 Å². The van der Waals surface area contributed by atoms with E-state index in [2.05, 4.69) is 35.9 Å². The third-order valence-electron chi connectivity index (χ3n) is 4.49. The summed E-state index contributed by atoms with van der Waals surface area (Å²) in [4.78, 5) is 4.76.